The molecule has 0 unspecified atom stereocenters. The molecule has 0 fully saturated rings. The van der Waals surface area contributed by atoms with Crippen molar-refractivity contribution in [1.29, 1.82) is 0 Å². The molecular formula is C16H17N3O. The zero-order valence-corrected chi connectivity index (χ0v) is 11.5. The summed E-state index contributed by atoms with van der Waals surface area (Å²) in [7, 11) is 0. The van der Waals surface area contributed by atoms with Crippen LogP contribution in [-0.2, 0) is 0 Å². The van der Waals surface area contributed by atoms with Crippen molar-refractivity contribution in [1.82, 2.24) is 4.98 Å². The predicted molar refractivity (Wildman–Crippen MR) is 83.1 cm³/mol. The highest BCUT2D eigenvalue weighted by molar-refractivity contribution is 5.83. The fourth-order valence-electron chi connectivity index (χ4n) is 1.79. The molecule has 0 aliphatic heterocycles. The van der Waals surface area contributed by atoms with E-state index in [1.165, 1.54) is 0 Å². The number of anilines is 1. The molecule has 0 aliphatic carbocycles. The van der Waals surface area contributed by atoms with Crippen molar-refractivity contribution in [3.05, 3.63) is 52.5 Å². The van der Waals surface area contributed by atoms with Crippen LogP contribution in [0.1, 0.15) is 19.4 Å². The Labute approximate surface area is 117 Å². The molecule has 0 spiro atoms. The summed E-state index contributed by atoms with van der Waals surface area (Å²) in [5.74, 6) is 0.861. The molecule has 4 heteroatoms. The van der Waals surface area contributed by atoms with Crippen molar-refractivity contribution in [2.75, 3.05) is 5.43 Å². The quantitative estimate of drug-likeness (QED) is 0.659. The first kappa shape index (κ1) is 13.8. The van der Waals surface area contributed by atoms with E-state index in [0.29, 0.717) is 11.4 Å². The number of aromatic nitrogens is 1. The van der Waals surface area contributed by atoms with Crippen LogP contribution in [0.4, 0.5) is 5.82 Å². The van der Waals surface area contributed by atoms with E-state index in [2.05, 4.69) is 15.5 Å². The summed E-state index contributed by atoms with van der Waals surface area (Å²) >= 11 is 0. The molecular weight excluding hydrogens is 250 g/mol. The third-order valence-electron chi connectivity index (χ3n) is 2.86. The Morgan fingerprint density at radius 1 is 1.10 bits per heavy atom. The van der Waals surface area contributed by atoms with Crippen LogP contribution in [0, 0.1) is 0 Å². The van der Waals surface area contributed by atoms with Crippen molar-refractivity contribution < 1.29 is 5.11 Å². The number of pyridine rings is 1. The average molecular weight is 267 g/mol. The minimum Gasteiger partial charge on any atom is -0.507 e. The van der Waals surface area contributed by atoms with Gasteiger partial charge in [0, 0.05) is 5.56 Å². The molecule has 0 atom stereocenters. The van der Waals surface area contributed by atoms with E-state index in [4.69, 9.17) is 0 Å². The highest BCUT2D eigenvalue weighted by Crippen LogP contribution is 2.12. The summed E-state index contributed by atoms with van der Waals surface area (Å²) in [6.07, 6.45) is 5.52. The highest BCUT2D eigenvalue weighted by atomic mass is 16.3. The van der Waals surface area contributed by atoms with Crippen LogP contribution < -0.4 is 16.0 Å². The van der Waals surface area contributed by atoms with Crippen molar-refractivity contribution in [3.8, 4) is 5.75 Å². The second kappa shape index (κ2) is 6.52. The first-order chi connectivity index (χ1) is 9.74. The Bertz CT molecular complexity index is 736. The van der Waals surface area contributed by atoms with E-state index in [-0.39, 0.29) is 5.75 Å². The zero-order valence-electron chi connectivity index (χ0n) is 11.5. The van der Waals surface area contributed by atoms with Crippen LogP contribution in [0.15, 0.2) is 41.5 Å². The second-order valence-corrected chi connectivity index (χ2v) is 4.18. The third kappa shape index (κ3) is 3.23. The van der Waals surface area contributed by atoms with Crippen LogP contribution in [0.25, 0.3) is 12.2 Å². The molecule has 2 aromatic rings. The van der Waals surface area contributed by atoms with Gasteiger partial charge in [-0.3, -0.25) is 5.43 Å². The van der Waals surface area contributed by atoms with E-state index in [9.17, 15) is 5.11 Å². The normalized spacial score (nSPS) is 13.1. The molecule has 1 aromatic heterocycles. The Hall–Kier alpha value is -2.62. The van der Waals surface area contributed by atoms with Crippen LogP contribution in [-0.4, -0.2) is 16.3 Å². The van der Waals surface area contributed by atoms with Crippen LogP contribution in [0.5, 0.6) is 5.75 Å². The Kier molecular flexibility index (Phi) is 4.50. The van der Waals surface area contributed by atoms with Gasteiger partial charge in [-0.05, 0) is 43.3 Å². The first-order valence-electron chi connectivity index (χ1n) is 6.41. The lowest BCUT2D eigenvalue weighted by molar-refractivity contribution is 0.474. The molecule has 102 valence electrons. The van der Waals surface area contributed by atoms with Gasteiger partial charge in [-0.15, -0.1) is 0 Å². The molecule has 1 heterocycles. The fourth-order valence-corrected chi connectivity index (χ4v) is 1.79. The lowest BCUT2D eigenvalue weighted by atomic mass is 10.2. The molecule has 0 saturated carbocycles. The second-order valence-electron chi connectivity index (χ2n) is 4.18. The van der Waals surface area contributed by atoms with E-state index in [1.807, 2.05) is 44.2 Å². The van der Waals surface area contributed by atoms with Crippen LogP contribution in [0.2, 0.25) is 0 Å². The average Bonchev–Trinajstić information content (AvgIpc) is 2.49. The van der Waals surface area contributed by atoms with Gasteiger partial charge in [0.25, 0.3) is 0 Å². The van der Waals surface area contributed by atoms with Gasteiger partial charge in [0.15, 0.2) is 0 Å². The summed E-state index contributed by atoms with van der Waals surface area (Å²) in [6, 6.07) is 10.9. The SMILES string of the molecule is C/C=c1/ccc(N/N=C/c2ccccc2O)n/c1=C/C. The predicted octanol–water partition coefficient (Wildman–Crippen LogP) is 1.83. The number of benzene rings is 1. The van der Waals surface area contributed by atoms with E-state index >= 15 is 0 Å². The number of nitrogens with zero attached hydrogens (tertiary/aromatic N) is 2. The number of rotatable bonds is 3. The minimum absolute atomic E-state index is 0.199. The molecule has 0 bridgehead atoms. The van der Waals surface area contributed by atoms with Gasteiger partial charge in [-0.2, -0.15) is 5.10 Å². The van der Waals surface area contributed by atoms with Crippen LogP contribution >= 0.6 is 0 Å². The number of aromatic hydroxyl groups is 1. The Morgan fingerprint density at radius 2 is 1.90 bits per heavy atom. The largest absolute Gasteiger partial charge is 0.507 e. The van der Waals surface area contributed by atoms with Crippen LogP contribution in [0.3, 0.4) is 0 Å². The molecule has 0 radical (unpaired) electrons. The van der Waals surface area contributed by atoms with E-state index < -0.39 is 0 Å². The van der Waals surface area contributed by atoms with E-state index in [0.717, 1.165) is 10.6 Å². The maximum Gasteiger partial charge on any atom is 0.146 e. The number of hydrogen-bond donors (Lipinski definition) is 2. The van der Waals surface area contributed by atoms with Gasteiger partial charge in [0.1, 0.15) is 11.6 Å². The van der Waals surface area contributed by atoms with Gasteiger partial charge < -0.3 is 5.11 Å². The Morgan fingerprint density at radius 3 is 2.60 bits per heavy atom. The molecule has 20 heavy (non-hydrogen) atoms. The van der Waals surface area contributed by atoms with Crippen molar-refractivity contribution in [2.45, 2.75) is 13.8 Å². The number of phenols is 1. The lowest BCUT2D eigenvalue weighted by Gasteiger charge is -2.00. The topological polar surface area (TPSA) is 57.5 Å². The molecule has 1 aromatic carbocycles. The summed E-state index contributed by atoms with van der Waals surface area (Å²) in [5.41, 5.74) is 3.51. The molecule has 2 N–H and O–H groups in total. The van der Waals surface area contributed by atoms with Gasteiger partial charge in [-0.25, -0.2) is 4.98 Å². The van der Waals surface area contributed by atoms with Gasteiger partial charge in [-0.1, -0.05) is 24.3 Å². The minimum atomic E-state index is 0.199. The summed E-state index contributed by atoms with van der Waals surface area (Å²) < 4.78 is 0. The molecule has 0 amide bonds. The number of phenolic OH excluding ortho intramolecular Hbond substituents is 1. The number of hydrazone groups is 1. The van der Waals surface area contributed by atoms with Gasteiger partial charge >= 0.3 is 0 Å². The van der Waals surface area contributed by atoms with Crippen molar-refractivity contribution in [2.24, 2.45) is 5.10 Å². The molecule has 4 nitrogen and oxygen atoms in total. The van der Waals surface area contributed by atoms with Gasteiger partial charge in [0.05, 0.1) is 11.6 Å². The first-order valence-corrected chi connectivity index (χ1v) is 6.41. The van der Waals surface area contributed by atoms with Crippen molar-refractivity contribution >= 4 is 24.2 Å². The van der Waals surface area contributed by atoms with E-state index in [1.54, 1.807) is 24.4 Å². The summed E-state index contributed by atoms with van der Waals surface area (Å²) in [4.78, 5) is 4.44. The van der Waals surface area contributed by atoms with Crippen molar-refractivity contribution in [3.63, 3.8) is 0 Å². The van der Waals surface area contributed by atoms with Gasteiger partial charge in [0.2, 0.25) is 0 Å². The summed E-state index contributed by atoms with van der Waals surface area (Å²) in [6.45, 7) is 3.93. The fraction of sp³-hybridized carbons (Fsp3) is 0.125. The molecule has 2 rings (SSSR count). The number of para-hydroxylation sites is 1. The number of hydrogen-bond acceptors (Lipinski definition) is 4. The lowest BCUT2D eigenvalue weighted by Crippen LogP contribution is -2.27. The zero-order chi connectivity index (χ0) is 14.4. The smallest absolute Gasteiger partial charge is 0.146 e. The Balaban J connectivity index is 2.18. The maximum absolute atomic E-state index is 9.61. The standard InChI is InChI=1S/C16H17N3O/c1-3-12-9-10-16(18-14(12)4-2)19-17-11-13-7-5-6-8-15(13)20/h3-11,20H,1-2H3,(H,18,19)/b12-3-,14-4+,17-11+. The number of nitrogens with one attached hydrogen (secondary N) is 1. The molecule has 0 saturated heterocycles. The monoisotopic (exact) mass is 267 g/mol. The molecule has 0 aliphatic rings. The maximum atomic E-state index is 9.61. The summed E-state index contributed by atoms with van der Waals surface area (Å²) in [5, 5.41) is 15.7. The highest BCUT2D eigenvalue weighted by Gasteiger charge is 1.95. The third-order valence-corrected chi connectivity index (χ3v) is 2.86.